The van der Waals surface area contributed by atoms with E-state index in [-0.39, 0.29) is 11.5 Å². The van der Waals surface area contributed by atoms with Gasteiger partial charge in [0, 0.05) is 12.1 Å². The molecule has 2 heterocycles. The van der Waals surface area contributed by atoms with Crippen molar-refractivity contribution in [3.05, 3.63) is 0 Å². The Morgan fingerprint density at radius 2 is 1.83 bits per heavy atom. The predicted octanol–water partition coefficient (Wildman–Crippen LogP) is 2.69. The standard InChI is InChI=1S/C15H26N2O/c1-15(2,11-16)7-3-4-8-17-12-5-6-13(17)10-14(18)9-12/h12-14,18H,3-10H2,1-2H3. The molecule has 2 rings (SSSR count). The lowest BCUT2D eigenvalue weighted by Gasteiger charge is -2.37. The van der Waals surface area contributed by atoms with Crippen LogP contribution in [0, 0.1) is 16.7 Å². The highest BCUT2D eigenvalue weighted by atomic mass is 16.3. The molecule has 0 aromatic carbocycles. The van der Waals surface area contributed by atoms with Crippen molar-refractivity contribution < 1.29 is 5.11 Å². The number of hydrogen-bond donors (Lipinski definition) is 1. The van der Waals surface area contributed by atoms with Crippen molar-refractivity contribution in [1.29, 1.82) is 5.26 Å². The van der Waals surface area contributed by atoms with Crippen molar-refractivity contribution in [3.63, 3.8) is 0 Å². The molecule has 2 saturated heterocycles. The summed E-state index contributed by atoms with van der Waals surface area (Å²) in [4.78, 5) is 2.62. The third kappa shape index (κ3) is 3.24. The molecule has 2 atom stereocenters. The van der Waals surface area contributed by atoms with Crippen LogP contribution in [-0.4, -0.2) is 34.7 Å². The maximum absolute atomic E-state index is 9.76. The number of nitrogens with zero attached hydrogens (tertiary/aromatic N) is 2. The molecule has 0 amide bonds. The third-order valence-corrected chi connectivity index (χ3v) is 4.63. The van der Waals surface area contributed by atoms with Crippen LogP contribution in [0.15, 0.2) is 0 Å². The fourth-order valence-corrected chi connectivity index (χ4v) is 3.53. The van der Waals surface area contributed by atoms with E-state index in [1.807, 2.05) is 13.8 Å². The van der Waals surface area contributed by atoms with E-state index in [9.17, 15) is 5.11 Å². The molecule has 2 aliphatic heterocycles. The fraction of sp³-hybridized carbons (Fsp3) is 0.933. The van der Waals surface area contributed by atoms with E-state index in [0.29, 0.717) is 12.1 Å². The minimum Gasteiger partial charge on any atom is -0.393 e. The molecule has 18 heavy (non-hydrogen) atoms. The molecule has 3 nitrogen and oxygen atoms in total. The molecule has 0 spiro atoms. The second kappa shape index (κ2) is 5.59. The second-order valence-corrected chi connectivity index (χ2v) is 6.70. The first kappa shape index (κ1) is 13.8. The van der Waals surface area contributed by atoms with Gasteiger partial charge in [-0.2, -0.15) is 5.26 Å². The zero-order valence-corrected chi connectivity index (χ0v) is 11.7. The van der Waals surface area contributed by atoms with Crippen molar-refractivity contribution in [3.8, 4) is 6.07 Å². The van der Waals surface area contributed by atoms with Gasteiger partial charge in [0.25, 0.3) is 0 Å². The highest BCUT2D eigenvalue weighted by molar-refractivity contribution is 4.95. The Labute approximate surface area is 111 Å². The number of aliphatic hydroxyl groups is 1. The SMILES string of the molecule is CC(C)(C#N)CCCCN1C2CCC1CC(O)C2. The normalized spacial score (nSPS) is 32.4. The Bertz CT molecular complexity index is 307. The maximum atomic E-state index is 9.76. The van der Waals surface area contributed by atoms with Gasteiger partial charge in [-0.15, -0.1) is 0 Å². The minimum atomic E-state index is -0.170. The zero-order valence-electron chi connectivity index (χ0n) is 11.7. The molecule has 3 heteroatoms. The van der Waals surface area contributed by atoms with Crippen molar-refractivity contribution in [2.45, 2.75) is 77.0 Å². The summed E-state index contributed by atoms with van der Waals surface area (Å²) in [6, 6.07) is 3.62. The Kier molecular flexibility index (Phi) is 4.29. The minimum absolute atomic E-state index is 0.0590. The molecule has 2 unspecified atom stereocenters. The Balaban J connectivity index is 1.71. The summed E-state index contributed by atoms with van der Waals surface area (Å²) in [6.45, 7) is 5.20. The smallest absolute Gasteiger partial charge is 0.0683 e. The van der Waals surface area contributed by atoms with Crippen molar-refractivity contribution in [2.75, 3.05) is 6.54 Å². The highest BCUT2D eigenvalue weighted by Gasteiger charge is 2.39. The molecule has 0 aromatic rings. The molecule has 2 fully saturated rings. The molecule has 0 saturated carbocycles. The van der Waals surface area contributed by atoms with Crippen molar-refractivity contribution in [1.82, 2.24) is 4.90 Å². The number of hydrogen-bond acceptors (Lipinski definition) is 3. The van der Waals surface area contributed by atoms with Gasteiger partial charge in [0.2, 0.25) is 0 Å². The van der Waals surface area contributed by atoms with Gasteiger partial charge in [0.15, 0.2) is 0 Å². The largest absolute Gasteiger partial charge is 0.393 e. The Morgan fingerprint density at radius 1 is 1.22 bits per heavy atom. The van der Waals surface area contributed by atoms with E-state index < -0.39 is 0 Å². The van der Waals surface area contributed by atoms with Gasteiger partial charge >= 0.3 is 0 Å². The molecule has 0 aromatic heterocycles. The van der Waals surface area contributed by atoms with Crippen molar-refractivity contribution in [2.24, 2.45) is 5.41 Å². The Hall–Kier alpha value is -0.590. The van der Waals surface area contributed by atoms with Crippen LogP contribution in [0.3, 0.4) is 0 Å². The summed E-state index contributed by atoms with van der Waals surface area (Å²) in [6.07, 6.45) is 7.75. The van der Waals surface area contributed by atoms with Crippen LogP contribution in [0.5, 0.6) is 0 Å². The predicted molar refractivity (Wildman–Crippen MR) is 72.0 cm³/mol. The van der Waals surface area contributed by atoms with Gasteiger partial charge in [0.1, 0.15) is 0 Å². The van der Waals surface area contributed by atoms with Gasteiger partial charge in [0.05, 0.1) is 17.6 Å². The molecule has 2 bridgehead atoms. The third-order valence-electron chi connectivity index (χ3n) is 4.63. The summed E-state index contributed by atoms with van der Waals surface area (Å²) in [5.74, 6) is 0. The average Bonchev–Trinajstić information content (AvgIpc) is 2.56. The zero-order chi connectivity index (χ0) is 13.2. The first-order valence-electron chi connectivity index (χ1n) is 7.37. The van der Waals surface area contributed by atoms with E-state index >= 15 is 0 Å². The summed E-state index contributed by atoms with van der Waals surface area (Å²) in [5.41, 5.74) is -0.170. The van der Waals surface area contributed by atoms with Gasteiger partial charge < -0.3 is 5.11 Å². The summed E-state index contributed by atoms with van der Waals surface area (Å²) < 4.78 is 0. The van der Waals surface area contributed by atoms with Crippen LogP contribution in [-0.2, 0) is 0 Å². The van der Waals surface area contributed by atoms with Crippen molar-refractivity contribution >= 4 is 0 Å². The van der Waals surface area contributed by atoms with E-state index in [4.69, 9.17) is 5.26 Å². The average molecular weight is 250 g/mol. The number of unbranched alkanes of at least 4 members (excludes halogenated alkanes) is 1. The maximum Gasteiger partial charge on any atom is 0.0683 e. The lowest BCUT2D eigenvalue weighted by Crippen LogP contribution is -2.45. The first-order valence-corrected chi connectivity index (χ1v) is 7.37. The number of piperidine rings is 1. The molecule has 2 aliphatic rings. The molecule has 102 valence electrons. The monoisotopic (exact) mass is 250 g/mol. The molecular weight excluding hydrogens is 224 g/mol. The van der Waals surface area contributed by atoms with Crippen LogP contribution in [0.1, 0.15) is 58.8 Å². The van der Waals surface area contributed by atoms with Gasteiger partial charge in [-0.05, 0) is 58.9 Å². The number of aliphatic hydroxyl groups excluding tert-OH is 1. The number of rotatable bonds is 5. The van der Waals surface area contributed by atoms with E-state index in [1.54, 1.807) is 0 Å². The molecule has 0 radical (unpaired) electrons. The van der Waals surface area contributed by atoms with E-state index in [1.165, 1.54) is 19.3 Å². The molecule has 1 N–H and O–H groups in total. The Morgan fingerprint density at radius 3 is 2.39 bits per heavy atom. The lowest BCUT2D eigenvalue weighted by molar-refractivity contribution is 0.0344. The van der Waals surface area contributed by atoms with Crippen LogP contribution >= 0.6 is 0 Å². The molecular formula is C15H26N2O. The summed E-state index contributed by atoms with van der Waals surface area (Å²) in [7, 11) is 0. The van der Waals surface area contributed by atoms with Gasteiger partial charge in [-0.1, -0.05) is 6.42 Å². The fourth-order valence-electron chi connectivity index (χ4n) is 3.53. The summed E-state index contributed by atoms with van der Waals surface area (Å²) >= 11 is 0. The van der Waals surface area contributed by atoms with Gasteiger partial charge in [-0.3, -0.25) is 4.90 Å². The molecule has 0 aliphatic carbocycles. The van der Waals surface area contributed by atoms with E-state index in [2.05, 4.69) is 11.0 Å². The topological polar surface area (TPSA) is 47.3 Å². The second-order valence-electron chi connectivity index (χ2n) is 6.70. The first-order chi connectivity index (χ1) is 8.52. The van der Waals surface area contributed by atoms with Gasteiger partial charge in [-0.25, -0.2) is 0 Å². The number of nitriles is 1. The summed E-state index contributed by atoms with van der Waals surface area (Å²) in [5, 5.41) is 18.7. The lowest BCUT2D eigenvalue weighted by atomic mass is 9.89. The van der Waals surface area contributed by atoms with Crippen LogP contribution in [0.2, 0.25) is 0 Å². The van der Waals surface area contributed by atoms with Crippen LogP contribution in [0.4, 0.5) is 0 Å². The van der Waals surface area contributed by atoms with E-state index in [0.717, 1.165) is 32.2 Å². The quantitative estimate of drug-likeness (QED) is 0.763. The highest BCUT2D eigenvalue weighted by Crippen LogP contribution is 2.36. The number of fused-ring (bicyclic) bond motifs is 2. The van der Waals surface area contributed by atoms with Crippen LogP contribution in [0.25, 0.3) is 0 Å². The van der Waals surface area contributed by atoms with Crippen LogP contribution < -0.4 is 0 Å².